The molecule has 7 heteroatoms. The van der Waals surface area contributed by atoms with E-state index in [9.17, 15) is 9.59 Å². The zero-order valence-corrected chi connectivity index (χ0v) is 12.1. The number of fused-ring (bicyclic) bond motifs is 1. The van der Waals surface area contributed by atoms with Gasteiger partial charge in [-0.2, -0.15) is 0 Å². The number of nitrogens with one attached hydrogen (secondary N) is 1. The fourth-order valence-electron chi connectivity index (χ4n) is 2.46. The summed E-state index contributed by atoms with van der Waals surface area (Å²) in [6.07, 6.45) is 1.50. The number of hydrogen-bond donors (Lipinski definition) is 2. The first-order chi connectivity index (χ1) is 9.51. The normalized spacial score (nSPS) is 11.7. The summed E-state index contributed by atoms with van der Waals surface area (Å²) in [5.74, 6) is 0.804. The fourth-order valence-corrected chi connectivity index (χ4v) is 2.46. The molecule has 0 aliphatic carbocycles. The molecule has 7 nitrogen and oxygen atoms in total. The maximum absolute atomic E-state index is 12.1. The summed E-state index contributed by atoms with van der Waals surface area (Å²) in [5.41, 5.74) is 5.67. The predicted octanol–water partition coefficient (Wildman–Crippen LogP) is 0.378. The average molecular weight is 279 g/mol. The van der Waals surface area contributed by atoms with Crippen molar-refractivity contribution < 1.29 is 0 Å². The maximum atomic E-state index is 12.1. The Labute approximate surface area is 116 Å². The zero-order chi connectivity index (χ0) is 14.9. The molecular weight excluding hydrogens is 258 g/mol. The first-order valence-electron chi connectivity index (χ1n) is 6.95. The van der Waals surface area contributed by atoms with Gasteiger partial charge in [-0.15, -0.1) is 0 Å². The summed E-state index contributed by atoms with van der Waals surface area (Å²) in [5, 5.41) is 0. The second kappa shape index (κ2) is 5.62. The number of imidazole rings is 1. The Balaban J connectivity index is 2.81. The number of aromatic amines is 1. The van der Waals surface area contributed by atoms with Gasteiger partial charge in [-0.3, -0.25) is 14.3 Å². The molecule has 2 rings (SSSR count). The van der Waals surface area contributed by atoms with Gasteiger partial charge in [-0.1, -0.05) is 0 Å². The van der Waals surface area contributed by atoms with Gasteiger partial charge in [0, 0.05) is 19.0 Å². The van der Waals surface area contributed by atoms with Crippen LogP contribution in [0.15, 0.2) is 9.59 Å². The van der Waals surface area contributed by atoms with Gasteiger partial charge in [0.1, 0.15) is 5.82 Å². The minimum Gasteiger partial charge on any atom is -0.330 e. The molecule has 0 fully saturated rings. The van der Waals surface area contributed by atoms with Gasteiger partial charge in [-0.25, -0.2) is 9.78 Å². The van der Waals surface area contributed by atoms with Gasteiger partial charge in [0.2, 0.25) is 0 Å². The van der Waals surface area contributed by atoms with E-state index in [-0.39, 0.29) is 11.6 Å². The number of nitrogens with two attached hydrogens (primary N) is 1. The van der Waals surface area contributed by atoms with Gasteiger partial charge < -0.3 is 10.3 Å². The van der Waals surface area contributed by atoms with E-state index >= 15 is 0 Å². The number of hydrogen-bond acceptors (Lipinski definition) is 4. The van der Waals surface area contributed by atoms with Gasteiger partial charge in [0.15, 0.2) is 11.2 Å². The van der Waals surface area contributed by atoms with Gasteiger partial charge in [0.25, 0.3) is 5.56 Å². The fraction of sp³-hybridized carbons (Fsp3) is 0.615. The van der Waals surface area contributed by atoms with Crippen LogP contribution in [0.4, 0.5) is 0 Å². The molecule has 0 amide bonds. The van der Waals surface area contributed by atoms with Crippen molar-refractivity contribution in [3.05, 3.63) is 26.7 Å². The molecule has 0 saturated heterocycles. The Bertz CT molecular complexity index is 723. The van der Waals surface area contributed by atoms with E-state index < -0.39 is 5.69 Å². The monoisotopic (exact) mass is 279 g/mol. The highest BCUT2D eigenvalue weighted by Gasteiger charge is 2.18. The van der Waals surface area contributed by atoms with Crippen LogP contribution < -0.4 is 17.0 Å². The van der Waals surface area contributed by atoms with Gasteiger partial charge >= 0.3 is 5.69 Å². The van der Waals surface area contributed by atoms with Crippen LogP contribution in [-0.2, 0) is 13.0 Å². The topological polar surface area (TPSA) is 98.7 Å². The quantitative estimate of drug-likeness (QED) is 0.826. The van der Waals surface area contributed by atoms with Gasteiger partial charge in [-0.05, 0) is 33.7 Å². The molecule has 0 unspecified atom stereocenters. The lowest BCUT2D eigenvalue weighted by atomic mass is 10.3. The van der Waals surface area contributed by atoms with Crippen molar-refractivity contribution in [1.29, 1.82) is 0 Å². The summed E-state index contributed by atoms with van der Waals surface area (Å²) in [4.78, 5) is 30.9. The van der Waals surface area contributed by atoms with Crippen LogP contribution in [-0.4, -0.2) is 25.6 Å². The van der Waals surface area contributed by atoms with Crippen molar-refractivity contribution in [3.8, 4) is 0 Å². The third-order valence-corrected chi connectivity index (χ3v) is 3.35. The van der Waals surface area contributed by atoms with E-state index in [0.717, 1.165) is 12.2 Å². The van der Waals surface area contributed by atoms with Gasteiger partial charge in [0.05, 0.1) is 0 Å². The summed E-state index contributed by atoms with van der Waals surface area (Å²) >= 11 is 0. The van der Waals surface area contributed by atoms with E-state index in [1.165, 1.54) is 4.57 Å². The smallest absolute Gasteiger partial charge is 0.330 e. The van der Waals surface area contributed by atoms with Crippen LogP contribution in [0.5, 0.6) is 0 Å². The summed E-state index contributed by atoms with van der Waals surface area (Å²) in [6.45, 7) is 6.95. The highest BCUT2D eigenvalue weighted by atomic mass is 16.2. The third-order valence-electron chi connectivity index (χ3n) is 3.35. The molecule has 20 heavy (non-hydrogen) atoms. The molecular formula is C13H21N5O2. The SMILES string of the molecule is CCn1c(CCCN)nc2c1c(=O)[nH]c(=O)n2C(C)C. The molecule has 0 atom stereocenters. The van der Waals surface area contributed by atoms with E-state index in [1.807, 2.05) is 25.3 Å². The lowest BCUT2D eigenvalue weighted by molar-refractivity contribution is 0.579. The van der Waals surface area contributed by atoms with Crippen molar-refractivity contribution >= 4 is 11.2 Å². The lowest BCUT2D eigenvalue weighted by Gasteiger charge is -2.09. The Hall–Kier alpha value is -1.89. The van der Waals surface area contributed by atoms with Crippen LogP contribution in [0.2, 0.25) is 0 Å². The van der Waals surface area contributed by atoms with E-state index in [2.05, 4.69) is 9.97 Å². The third kappa shape index (κ3) is 2.29. The summed E-state index contributed by atoms with van der Waals surface area (Å²) < 4.78 is 3.39. The van der Waals surface area contributed by atoms with Crippen LogP contribution in [0.1, 0.15) is 39.1 Å². The molecule has 0 aliphatic rings. The number of aryl methyl sites for hydroxylation is 2. The maximum Gasteiger partial charge on any atom is 0.330 e. The molecule has 2 aromatic rings. The van der Waals surface area contributed by atoms with Crippen LogP contribution in [0, 0.1) is 0 Å². The number of H-pyrrole nitrogens is 1. The minimum atomic E-state index is -0.413. The van der Waals surface area contributed by atoms with Crippen molar-refractivity contribution in [2.45, 2.75) is 46.2 Å². The second-order valence-electron chi connectivity index (χ2n) is 5.06. The number of nitrogens with zero attached hydrogens (tertiary/aromatic N) is 3. The summed E-state index contributed by atoms with van der Waals surface area (Å²) in [7, 11) is 0. The second-order valence-corrected chi connectivity index (χ2v) is 5.06. The Morgan fingerprint density at radius 3 is 2.60 bits per heavy atom. The van der Waals surface area contributed by atoms with Crippen LogP contribution >= 0.6 is 0 Å². The van der Waals surface area contributed by atoms with Crippen molar-refractivity contribution in [1.82, 2.24) is 19.1 Å². The first kappa shape index (κ1) is 14.5. The van der Waals surface area contributed by atoms with Crippen molar-refractivity contribution in [3.63, 3.8) is 0 Å². The van der Waals surface area contributed by atoms with Crippen LogP contribution in [0.25, 0.3) is 11.2 Å². The predicted molar refractivity (Wildman–Crippen MR) is 78.0 cm³/mol. The standard InChI is InChI=1S/C13H21N5O2/c1-4-17-9(6-5-7-14)15-11-10(17)12(19)16-13(20)18(11)8(2)3/h8H,4-7,14H2,1-3H3,(H,16,19,20). The van der Waals surface area contributed by atoms with Crippen molar-refractivity contribution in [2.24, 2.45) is 5.73 Å². The Morgan fingerprint density at radius 1 is 1.35 bits per heavy atom. The highest BCUT2D eigenvalue weighted by Crippen LogP contribution is 2.15. The molecule has 110 valence electrons. The van der Waals surface area contributed by atoms with E-state index in [1.54, 1.807) is 0 Å². The molecule has 0 aromatic carbocycles. The minimum absolute atomic E-state index is 0.0654. The molecule has 0 radical (unpaired) electrons. The van der Waals surface area contributed by atoms with E-state index in [4.69, 9.17) is 5.73 Å². The first-order valence-corrected chi connectivity index (χ1v) is 6.95. The molecule has 0 bridgehead atoms. The van der Waals surface area contributed by atoms with Crippen molar-refractivity contribution in [2.75, 3.05) is 6.54 Å². The number of rotatable bonds is 5. The van der Waals surface area contributed by atoms with E-state index in [0.29, 0.717) is 30.7 Å². The molecule has 0 saturated carbocycles. The summed E-state index contributed by atoms with van der Waals surface area (Å²) in [6, 6.07) is -0.0654. The zero-order valence-electron chi connectivity index (χ0n) is 12.1. The average Bonchev–Trinajstić information content (AvgIpc) is 2.74. The Kier molecular flexibility index (Phi) is 4.08. The van der Waals surface area contributed by atoms with Crippen LogP contribution in [0.3, 0.4) is 0 Å². The Morgan fingerprint density at radius 2 is 2.05 bits per heavy atom. The molecule has 3 N–H and O–H groups in total. The molecule has 0 aliphatic heterocycles. The molecule has 2 heterocycles. The molecule has 0 spiro atoms. The largest absolute Gasteiger partial charge is 0.330 e. The lowest BCUT2D eigenvalue weighted by Crippen LogP contribution is -2.32. The molecule has 2 aromatic heterocycles. The highest BCUT2D eigenvalue weighted by molar-refractivity contribution is 5.71. The number of aromatic nitrogens is 4.